The van der Waals surface area contributed by atoms with E-state index in [0.717, 1.165) is 5.56 Å². The minimum atomic E-state index is -3.98. The number of benzene rings is 2. The molecule has 0 radical (unpaired) electrons. The summed E-state index contributed by atoms with van der Waals surface area (Å²) in [5.74, 6) is -1.12. The molecule has 0 amide bonds. The Labute approximate surface area is 130 Å². The highest BCUT2D eigenvalue weighted by molar-refractivity contribution is 7.52. The third-order valence-electron chi connectivity index (χ3n) is 3.24. The summed E-state index contributed by atoms with van der Waals surface area (Å²) in [6, 6.07) is 18.3. The first-order chi connectivity index (χ1) is 10.5. The van der Waals surface area contributed by atoms with Crippen LogP contribution in [0.4, 0.5) is 0 Å². The van der Waals surface area contributed by atoms with Crippen LogP contribution < -0.4 is 0 Å². The van der Waals surface area contributed by atoms with Crippen molar-refractivity contribution in [2.45, 2.75) is 19.5 Å². The van der Waals surface area contributed by atoms with E-state index in [0.29, 0.717) is 12.0 Å². The second kappa shape index (κ2) is 7.39. The van der Waals surface area contributed by atoms with Gasteiger partial charge < -0.3 is 9.42 Å². The van der Waals surface area contributed by atoms with E-state index in [2.05, 4.69) is 0 Å². The fourth-order valence-corrected chi connectivity index (χ4v) is 3.33. The molecule has 2 aromatic rings. The Morgan fingerprint density at radius 1 is 1.05 bits per heavy atom. The van der Waals surface area contributed by atoms with Gasteiger partial charge in [0.25, 0.3) is 0 Å². The fraction of sp³-hybridized carbons (Fsp3) is 0.235. The summed E-state index contributed by atoms with van der Waals surface area (Å²) in [5, 5.41) is 0. The zero-order chi connectivity index (χ0) is 16.0. The molecule has 0 fully saturated rings. The van der Waals surface area contributed by atoms with Gasteiger partial charge in [0.05, 0.1) is 12.1 Å². The average molecular weight is 318 g/mol. The molecule has 0 aliphatic heterocycles. The quantitative estimate of drug-likeness (QED) is 0.823. The van der Waals surface area contributed by atoms with Crippen molar-refractivity contribution in [3.8, 4) is 0 Å². The lowest BCUT2D eigenvalue weighted by Crippen LogP contribution is -2.16. The number of rotatable bonds is 6. The summed E-state index contributed by atoms with van der Waals surface area (Å²) in [4.78, 5) is 21.9. The number of hydrogen-bond acceptors (Lipinski definition) is 3. The zero-order valence-electron chi connectivity index (χ0n) is 12.4. The van der Waals surface area contributed by atoms with Gasteiger partial charge in [-0.3, -0.25) is 4.79 Å². The van der Waals surface area contributed by atoms with Crippen molar-refractivity contribution in [3.63, 3.8) is 0 Å². The van der Waals surface area contributed by atoms with Crippen molar-refractivity contribution in [1.29, 1.82) is 0 Å². The van der Waals surface area contributed by atoms with Crippen LogP contribution in [0.2, 0.25) is 0 Å². The van der Waals surface area contributed by atoms with Crippen LogP contribution in [-0.4, -0.2) is 10.9 Å². The molecular weight excluding hydrogens is 299 g/mol. The van der Waals surface area contributed by atoms with Gasteiger partial charge >= 0.3 is 13.6 Å². The summed E-state index contributed by atoms with van der Waals surface area (Å²) in [6.07, 6.45) is 0.308. The summed E-state index contributed by atoms with van der Waals surface area (Å²) < 4.78 is 16.9. The molecule has 2 aromatic carbocycles. The van der Waals surface area contributed by atoms with Crippen LogP contribution in [-0.2, 0) is 26.5 Å². The van der Waals surface area contributed by atoms with Crippen molar-refractivity contribution < 1.29 is 18.8 Å². The summed E-state index contributed by atoms with van der Waals surface area (Å²) in [6.45, 7) is 1.69. The first-order valence-corrected chi connectivity index (χ1v) is 8.86. The highest BCUT2D eigenvalue weighted by atomic mass is 31.2. The van der Waals surface area contributed by atoms with E-state index in [1.165, 1.54) is 0 Å². The Morgan fingerprint density at radius 2 is 1.55 bits per heavy atom. The normalized spacial score (nSPS) is 14.8. The first kappa shape index (κ1) is 16.5. The minimum absolute atomic E-state index is 0.169. The molecule has 0 aliphatic carbocycles. The number of hydrogen-bond donors (Lipinski definition) is 1. The van der Waals surface area contributed by atoms with Gasteiger partial charge in [-0.15, -0.1) is 0 Å². The Bertz CT molecular complexity index is 655. The second-order valence-electron chi connectivity index (χ2n) is 5.28. The molecule has 2 rings (SSSR count). The molecule has 116 valence electrons. The molecule has 4 nitrogen and oxygen atoms in total. The molecule has 0 saturated carbocycles. The highest BCUT2D eigenvalue weighted by Gasteiger charge is 2.27. The SMILES string of the molecule is CC(Cc1ccccc1)C(=O)OP(=O)(O)Cc1ccccc1. The van der Waals surface area contributed by atoms with Crippen LogP contribution >= 0.6 is 7.60 Å². The third-order valence-corrected chi connectivity index (χ3v) is 4.47. The van der Waals surface area contributed by atoms with Gasteiger partial charge in [-0.05, 0) is 17.5 Å². The molecule has 1 N–H and O–H groups in total. The number of carbonyl (C=O) groups is 1. The van der Waals surface area contributed by atoms with Crippen molar-refractivity contribution in [2.24, 2.45) is 5.92 Å². The third kappa shape index (κ3) is 5.14. The van der Waals surface area contributed by atoms with Gasteiger partial charge in [0.15, 0.2) is 0 Å². The fourth-order valence-electron chi connectivity index (χ4n) is 2.13. The largest absolute Gasteiger partial charge is 0.391 e. The van der Waals surface area contributed by atoms with Crippen LogP contribution in [0, 0.1) is 5.92 Å². The van der Waals surface area contributed by atoms with E-state index in [-0.39, 0.29) is 6.16 Å². The van der Waals surface area contributed by atoms with E-state index in [4.69, 9.17) is 4.52 Å². The Balaban J connectivity index is 1.94. The lowest BCUT2D eigenvalue weighted by molar-refractivity contribution is -0.138. The van der Waals surface area contributed by atoms with Crippen LogP contribution in [0.5, 0.6) is 0 Å². The Kier molecular flexibility index (Phi) is 5.53. The predicted molar refractivity (Wildman–Crippen MR) is 85.4 cm³/mol. The lowest BCUT2D eigenvalue weighted by atomic mass is 10.0. The average Bonchev–Trinajstić information content (AvgIpc) is 2.48. The van der Waals surface area contributed by atoms with Gasteiger partial charge in [0.2, 0.25) is 0 Å². The summed E-state index contributed by atoms with van der Waals surface area (Å²) in [7, 11) is -3.98. The van der Waals surface area contributed by atoms with E-state index in [1.54, 1.807) is 31.2 Å². The second-order valence-corrected chi connectivity index (χ2v) is 7.06. The van der Waals surface area contributed by atoms with E-state index in [9.17, 15) is 14.3 Å². The Morgan fingerprint density at radius 3 is 2.09 bits per heavy atom. The van der Waals surface area contributed by atoms with Gasteiger partial charge in [0.1, 0.15) is 0 Å². The topological polar surface area (TPSA) is 63.6 Å². The molecule has 0 aromatic heterocycles. The molecule has 0 spiro atoms. The molecule has 0 heterocycles. The maximum atomic E-state index is 12.1. The van der Waals surface area contributed by atoms with Gasteiger partial charge in [0, 0.05) is 0 Å². The van der Waals surface area contributed by atoms with Gasteiger partial charge in [-0.1, -0.05) is 67.6 Å². The highest BCUT2D eigenvalue weighted by Crippen LogP contribution is 2.46. The van der Waals surface area contributed by atoms with Crippen LogP contribution in [0.15, 0.2) is 60.7 Å². The van der Waals surface area contributed by atoms with Crippen LogP contribution in [0.1, 0.15) is 18.1 Å². The molecular formula is C17H19O4P. The van der Waals surface area contributed by atoms with Gasteiger partial charge in [-0.25, -0.2) is 4.57 Å². The minimum Gasteiger partial charge on any atom is -0.391 e. The predicted octanol–water partition coefficient (Wildman–Crippen LogP) is 3.79. The lowest BCUT2D eigenvalue weighted by Gasteiger charge is -2.16. The van der Waals surface area contributed by atoms with E-state index >= 15 is 0 Å². The monoisotopic (exact) mass is 318 g/mol. The Hall–Kier alpha value is -1.90. The number of carbonyl (C=O) groups excluding carboxylic acids is 1. The van der Waals surface area contributed by atoms with Crippen molar-refractivity contribution >= 4 is 13.6 Å². The molecule has 2 unspecified atom stereocenters. The standard InChI is InChI=1S/C17H19O4P/c1-14(12-15-8-4-2-5-9-15)17(18)21-22(19,20)13-16-10-6-3-7-11-16/h2-11,14H,12-13H2,1H3,(H,19,20). The smallest absolute Gasteiger partial charge is 0.383 e. The molecule has 0 bridgehead atoms. The summed E-state index contributed by atoms with van der Waals surface area (Å²) in [5.41, 5.74) is 1.65. The molecule has 0 aliphatic rings. The van der Waals surface area contributed by atoms with Crippen molar-refractivity contribution in [2.75, 3.05) is 0 Å². The molecule has 5 heteroatoms. The van der Waals surface area contributed by atoms with Crippen molar-refractivity contribution in [3.05, 3.63) is 71.8 Å². The van der Waals surface area contributed by atoms with E-state index < -0.39 is 19.5 Å². The van der Waals surface area contributed by atoms with Crippen molar-refractivity contribution in [1.82, 2.24) is 0 Å². The first-order valence-electron chi connectivity index (χ1n) is 7.09. The molecule has 0 saturated heterocycles. The molecule has 22 heavy (non-hydrogen) atoms. The van der Waals surface area contributed by atoms with Crippen LogP contribution in [0.3, 0.4) is 0 Å². The maximum absolute atomic E-state index is 12.1. The van der Waals surface area contributed by atoms with Crippen LogP contribution in [0.25, 0.3) is 0 Å². The van der Waals surface area contributed by atoms with E-state index in [1.807, 2.05) is 36.4 Å². The summed E-state index contributed by atoms with van der Waals surface area (Å²) >= 11 is 0. The van der Waals surface area contributed by atoms with Gasteiger partial charge in [-0.2, -0.15) is 0 Å². The molecule has 2 atom stereocenters. The zero-order valence-corrected chi connectivity index (χ0v) is 13.3. The maximum Gasteiger partial charge on any atom is 0.383 e.